The summed E-state index contributed by atoms with van der Waals surface area (Å²) in [7, 11) is 1.59. The summed E-state index contributed by atoms with van der Waals surface area (Å²) in [5.41, 5.74) is 0.891. The fraction of sp³-hybridized carbons (Fsp3) is 0.500. The van der Waals surface area contributed by atoms with Gasteiger partial charge in [0.1, 0.15) is 5.75 Å². The van der Waals surface area contributed by atoms with Crippen LogP contribution in [0.2, 0.25) is 0 Å². The number of carbonyl (C=O) groups is 1. The van der Waals surface area contributed by atoms with Crippen molar-refractivity contribution < 1.29 is 19.4 Å². The molecule has 1 amide bonds. The van der Waals surface area contributed by atoms with E-state index in [2.05, 4.69) is 5.32 Å². The first-order valence-electron chi connectivity index (χ1n) is 6.27. The van der Waals surface area contributed by atoms with Gasteiger partial charge in [-0.3, -0.25) is 4.79 Å². The highest BCUT2D eigenvalue weighted by Crippen LogP contribution is 2.18. The van der Waals surface area contributed by atoms with Crippen molar-refractivity contribution in [2.24, 2.45) is 0 Å². The molecule has 0 radical (unpaired) electrons. The maximum atomic E-state index is 11.6. The van der Waals surface area contributed by atoms with Gasteiger partial charge in [-0.15, -0.1) is 0 Å². The summed E-state index contributed by atoms with van der Waals surface area (Å²) < 4.78 is 10.4. The molecule has 106 valence electrons. The maximum Gasteiger partial charge on any atom is 0.258 e. The predicted octanol–water partition coefficient (Wildman–Crippen LogP) is 0.751. The number of ether oxygens (including phenoxy) is 2. The van der Waals surface area contributed by atoms with E-state index in [1.807, 2.05) is 25.1 Å². The minimum Gasteiger partial charge on any atom is -0.483 e. The SMILES string of the molecule is COCC(C)NC(=O)COc1ccccc1CCO. The number of carbonyl (C=O) groups excluding carboxylic acids is 1. The van der Waals surface area contributed by atoms with E-state index >= 15 is 0 Å². The molecule has 0 aromatic heterocycles. The zero-order valence-electron chi connectivity index (χ0n) is 11.4. The van der Waals surface area contributed by atoms with Crippen LogP contribution in [0, 0.1) is 0 Å². The number of nitrogens with one attached hydrogen (secondary N) is 1. The smallest absolute Gasteiger partial charge is 0.258 e. The van der Waals surface area contributed by atoms with Gasteiger partial charge in [0.05, 0.1) is 6.61 Å². The number of hydrogen-bond donors (Lipinski definition) is 2. The van der Waals surface area contributed by atoms with Gasteiger partial charge in [-0.25, -0.2) is 0 Å². The standard InChI is InChI=1S/C14H21NO4/c1-11(9-18-2)15-14(17)10-19-13-6-4-3-5-12(13)7-8-16/h3-6,11,16H,7-10H2,1-2H3,(H,15,17). The van der Waals surface area contributed by atoms with Crippen molar-refractivity contribution in [1.29, 1.82) is 0 Å². The first kappa shape index (κ1) is 15.5. The van der Waals surface area contributed by atoms with E-state index in [9.17, 15) is 4.79 Å². The van der Waals surface area contributed by atoms with Crippen LogP contribution >= 0.6 is 0 Å². The van der Waals surface area contributed by atoms with E-state index in [0.717, 1.165) is 5.56 Å². The Bertz CT molecular complexity index is 395. The summed E-state index contributed by atoms with van der Waals surface area (Å²) in [5, 5.41) is 11.7. The second kappa shape index (κ2) is 8.50. The molecule has 1 aromatic rings. The number of methoxy groups -OCH3 is 1. The number of para-hydroxylation sites is 1. The summed E-state index contributed by atoms with van der Waals surface area (Å²) in [5.74, 6) is 0.439. The normalized spacial score (nSPS) is 11.9. The third-order valence-corrected chi connectivity index (χ3v) is 2.54. The van der Waals surface area contributed by atoms with Crippen LogP contribution in [0.4, 0.5) is 0 Å². The largest absolute Gasteiger partial charge is 0.483 e. The molecule has 0 saturated carbocycles. The average Bonchev–Trinajstić information content (AvgIpc) is 2.38. The van der Waals surface area contributed by atoms with Gasteiger partial charge in [0.15, 0.2) is 6.61 Å². The van der Waals surface area contributed by atoms with Gasteiger partial charge in [-0.1, -0.05) is 18.2 Å². The summed E-state index contributed by atoms with van der Waals surface area (Å²) >= 11 is 0. The quantitative estimate of drug-likeness (QED) is 0.729. The van der Waals surface area contributed by atoms with Crippen LogP contribution in [0.25, 0.3) is 0 Å². The minimum atomic E-state index is -0.191. The molecule has 0 bridgehead atoms. The Morgan fingerprint density at radius 3 is 2.84 bits per heavy atom. The lowest BCUT2D eigenvalue weighted by Crippen LogP contribution is -2.38. The molecule has 1 atom stereocenters. The van der Waals surface area contributed by atoms with Crippen molar-refractivity contribution >= 4 is 5.91 Å². The third kappa shape index (κ3) is 5.72. The number of aliphatic hydroxyl groups is 1. The number of rotatable bonds is 8. The Morgan fingerprint density at radius 2 is 2.16 bits per heavy atom. The highest BCUT2D eigenvalue weighted by molar-refractivity contribution is 5.77. The predicted molar refractivity (Wildman–Crippen MR) is 72.2 cm³/mol. The van der Waals surface area contributed by atoms with Gasteiger partial charge in [0.25, 0.3) is 5.91 Å². The molecule has 0 fully saturated rings. The van der Waals surface area contributed by atoms with Crippen LogP contribution in [-0.2, 0) is 16.0 Å². The topological polar surface area (TPSA) is 67.8 Å². The Balaban J connectivity index is 2.45. The van der Waals surface area contributed by atoms with Crippen molar-refractivity contribution in [3.8, 4) is 5.75 Å². The summed E-state index contributed by atoms with van der Waals surface area (Å²) in [6.45, 7) is 2.34. The molecule has 1 unspecified atom stereocenters. The van der Waals surface area contributed by atoms with Crippen molar-refractivity contribution in [2.45, 2.75) is 19.4 Å². The van der Waals surface area contributed by atoms with Crippen molar-refractivity contribution in [3.05, 3.63) is 29.8 Å². The van der Waals surface area contributed by atoms with Crippen LogP contribution < -0.4 is 10.1 Å². The average molecular weight is 267 g/mol. The van der Waals surface area contributed by atoms with Crippen LogP contribution in [0.3, 0.4) is 0 Å². The van der Waals surface area contributed by atoms with E-state index < -0.39 is 0 Å². The summed E-state index contributed by atoms with van der Waals surface area (Å²) in [6.07, 6.45) is 0.512. The monoisotopic (exact) mass is 267 g/mol. The molecule has 1 rings (SSSR count). The minimum absolute atomic E-state index is 0.0451. The fourth-order valence-electron chi connectivity index (χ4n) is 1.72. The molecule has 1 aromatic carbocycles. The van der Waals surface area contributed by atoms with E-state index in [1.165, 1.54) is 0 Å². The van der Waals surface area contributed by atoms with Gasteiger partial charge in [-0.2, -0.15) is 0 Å². The first-order chi connectivity index (χ1) is 9.17. The Hall–Kier alpha value is -1.59. The molecule has 0 aliphatic carbocycles. The summed E-state index contributed by atoms with van der Waals surface area (Å²) in [4.78, 5) is 11.6. The van der Waals surface area contributed by atoms with Gasteiger partial charge in [-0.05, 0) is 25.0 Å². The van der Waals surface area contributed by atoms with Crippen molar-refractivity contribution in [3.63, 3.8) is 0 Å². The highest BCUT2D eigenvalue weighted by Gasteiger charge is 2.09. The molecule has 19 heavy (non-hydrogen) atoms. The number of amides is 1. The van der Waals surface area contributed by atoms with Gasteiger partial charge in [0.2, 0.25) is 0 Å². The fourth-order valence-corrected chi connectivity index (χ4v) is 1.72. The van der Waals surface area contributed by atoms with E-state index in [1.54, 1.807) is 13.2 Å². The number of benzene rings is 1. The van der Waals surface area contributed by atoms with E-state index in [-0.39, 0.29) is 25.2 Å². The molecule has 0 saturated heterocycles. The molecule has 0 heterocycles. The third-order valence-electron chi connectivity index (χ3n) is 2.54. The zero-order chi connectivity index (χ0) is 14.1. The lowest BCUT2D eigenvalue weighted by Gasteiger charge is -2.14. The molecule has 5 nitrogen and oxygen atoms in total. The van der Waals surface area contributed by atoms with Crippen LogP contribution in [-0.4, -0.2) is 44.0 Å². The molecule has 0 aliphatic heterocycles. The van der Waals surface area contributed by atoms with E-state index in [4.69, 9.17) is 14.6 Å². The molecular weight excluding hydrogens is 246 g/mol. The molecule has 0 spiro atoms. The Labute approximate surface area is 113 Å². The number of aliphatic hydroxyl groups excluding tert-OH is 1. The maximum absolute atomic E-state index is 11.6. The number of hydrogen-bond acceptors (Lipinski definition) is 4. The van der Waals surface area contributed by atoms with Crippen molar-refractivity contribution in [1.82, 2.24) is 5.32 Å². The summed E-state index contributed by atoms with van der Waals surface area (Å²) in [6, 6.07) is 7.32. The molecule has 5 heteroatoms. The Kier molecular flexibility index (Phi) is 6.92. The molecule has 2 N–H and O–H groups in total. The van der Waals surface area contributed by atoms with Crippen LogP contribution in [0.15, 0.2) is 24.3 Å². The lowest BCUT2D eigenvalue weighted by atomic mass is 10.1. The van der Waals surface area contributed by atoms with Gasteiger partial charge < -0.3 is 19.9 Å². The highest BCUT2D eigenvalue weighted by atomic mass is 16.5. The van der Waals surface area contributed by atoms with Gasteiger partial charge >= 0.3 is 0 Å². The molecule has 0 aliphatic rings. The Morgan fingerprint density at radius 1 is 1.42 bits per heavy atom. The zero-order valence-corrected chi connectivity index (χ0v) is 11.4. The van der Waals surface area contributed by atoms with Gasteiger partial charge in [0, 0.05) is 19.8 Å². The van der Waals surface area contributed by atoms with Crippen molar-refractivity contribution in [2.75, 3.05) is 26.9 Å². The van der Waals surface area contributed by atoms with E-state index in [0.29, 0.717) is 18.8 Å². The lowest BCUT2D eigenvalue weighted by molar-refractivity contribution is -0.124. The molecular formula is C14H21NO4. The second-order valence-corrected chi connectivity index (χ2v) is 4.29. The van der Waals surface area contributed by atoms with Crippen LogP contribution in [0.1, 0.15) is 12.5 Å². The van der Waals surface area contributed by atoms with Crippen LogP contribution in [0.5, 0.6) is 5.75 Å². The first-order valence-corrected chi connectivity index (χ1v) is 6.27. The second-order valence-electron chi connectivity index (χ2n) is 4.29.